The second kappa shape index (κ2) is 6.01. The number of carbonyl (C=O) groups excluding carboxylic acids is 1. The second-order valence-corrected chi connectivity index (χ2v) is 6.94. The van der Waals surface area contributed by atoms with Crippen LogP contribution >= 0.6 is 0 Å². The van der Waals surface area contributed by atoms with E-state index in [-0.39, 0.29) is 17.4 Å². The average Bonchev–Trinajstić information content (AvgIpc) is 2.54. The number of carbonyl (C=O) groups is 1. The molecule has 1 aliphatic rings. The van der Waals surface area contributed by atoms with Crippen LogP contribution in [0.3, 0.4) is 0 Å². The number of hydrogen-bond acceptors (Lipinski definition) is 2. The van der Waals surface area contributed by atoms with Crippen molar-refractivity contribution in [2.75, 3.05) is 5.32 Å². The van der Waals surface area contributed by atoms with Gasteiger partial charge in [0.1, 0.15) is 5.69 Å². The summed E-state index contributed by atoms with van der Waals surface area (Å²) in [4.78, 5) is 12.4. The molecule has 0 fully saturated rings. The van der Waals surface area contributed by atoms with Crippen LogP contribution in [0.25, 0.3) is 6.08 Å². The fourth-order valence-corrected chi connectivity index (χ4v) is 2.67. The van der Waals surface area contributed by atoms with Crippen molar-refractivity contribution >= 4 is 23.4 Å². The minimum atomic E-state index is -0.0948. The molecule has 0 spiro atoms. The highest BCUT2D eigenvalue weighted by atomic mass is 16.1. The summed E-state index contributed by atoms with van der Waals surface area (Å²) in [7, 11) is 0. The van der Waals surface area contributed by atoms with Gasteiger partial charge in [-0.25, -0.2) is 0 Å². The van der Waals surface area contributed by atoms with Crippen LogP contribution in [0.5, 0.6) is 0 Å². The van der Waals surface area contributed by atoms with Crippen molar-refractivity contribution in [3.8, 4) is 0 Å². The zero-order chi connectivity index (χ0) is 16.4. The van der Waals surface area contributed by atoms with Crippen molar-refractivity contribution in [3.63, 3.8) is 0 Å². The molecule has 23 heavy (non-hydrogen) atoms. The van der Waals surface area contributed by atoms with Gasteiger partial charge in [0.25, 0.3) is 5.91 Å². The van der Waals surface area contributed by atoms with Crippen molar-refractivity contribution in [1.82, 2.24) is 0 Å². The quantitative estimate of drug-likeness (QED) is 0.878. The maximum Gasteiger partial charge on any atom is 0.255 e. The predicted octanol–water partition coefficient (Wildman–Crippen LogP) is 3.36. The molecular weight excluding hydrogens is 284 g/mol. The van der Waals surface area contributed by atoms with Gasteiger partial charge in [-0.05, 0) is 36.4 Å². The smallest absolute Gasteiger partial charge is 0.255 e. The highest BCUT2D eigenvalue weighted by Crippen LogP contribution is 2.29. The summed E-state index contributed by atoms with van der Waals surface area (Å²) >= 11 is 0. The molecule has 117 valence electrons. The van der Waals surface area contributed by atoms with Crippen molar-refractivity contribution in [2.24, 2.45) is 5.41 Å². The van der Waals surface area contributed by atoms with E-state index in [2.05, 4.69) is 49.6 Å². The lowest BCUT2D eigenvalue weighted by molar-refractivity contribution is -0.613. The standard InChI is InChI=1S/C20H22N2O/c1-20(2,3)17-13-12-14-10-7-11-16(18(14)22-17)21-19(23)15-8-5-4-6-9-15/h4-13,17,22H,1-3H3,(H,21,23)/q+1. The first kappa shape index (κ1) is 15.5. The first-order valence-corrected chi connectivity index (χ1v) is 7.89. The van der Waals surface area contributed by atoms with Gasteiger partial charge in [0.05, 0.1) is 0 Å². The van der Waals surface area contributed by atoms with E-state index in [1.807, 2.05) is 42.5 Å². The third-order valence-electron chi connectivity index (χ3n) is 4.08. The van der Waals surface area contributed by atoms with Crippen LogP contribution in [0, 0.1) is 5.41 Å². The Kier molecular flexibility index (Phi) is 4.05. The Labute approximate surface area is 137 Å². The second-order valence-electron chi connectivity index (χ2n) is 6.94. The molecule has 3 nitrogen and oxygen atoms in total. The Morgan fingerprint density at radius 2 is 1.78 bits per heavy atom. The van der Waals surface area contributed by atoms with Crippen LogP contribution in [0.2, 0.25) is 0 Å². The molecule has 2 aromatic rings. The Bertz CT molecular complexity index is 742. The van der Waals surface area contributed by atoms with Crippen LogP contribution in [0.1, 0.15) is 36.7 Å². The van der Waals surface area contributed by atoms with E-state index in [1.54, 1.807) is 0 Å². The summed E-state index contributed by atoms with van der Waals surface area (Å²) in [6.45, 7) is 6.60. The molecule has 0 saturated carbocycles. The van der Waals surface area contributed by atoms with Gasteiger partial charge in [0.2, 0.25) is 5.69 Å². The van der Waals surface area contributed by atoms with Gasteiger partial charge in [0, 0.05) is 16.5 Å². The lowest BCUT2D eigenvalue weighted by Gasteiger charge is -2.25. The number of benzene rings is 2. The fraction of sp³-hybridized carbons (Fsp3) is 0.250. The first-order valence-electron chi connectivity index (χ1n) is 7.89. The van der Waals surface area contributed by atoms with E-state index in [4.69, 9.17) is 0 Å². The molecule has 3 heteroatoms. The molecule has 3 rings (SSSR count). The number of nitrogens with one attached hydrogen (secondary N) is 2. The minimum absolute atomic E-state index is 0.0948. The molecular formula is C20H22N2O+. The van der Waals surface area contributed by atoms with E-state index >= 15 is 0 Å². The molecule has 2 N–H and O–H groups in total. The average molecular weight is 306 g/mol. The van der Waals surface area contributed by atoms with Gasteiger partial charge in [-0.3, -0.25) is 4.79 Å². The maximum atomic E-state index is 12.4. The Balaban J connectivity index is 1.88. The lowest BCUT2D eigenvalue weighted by Crippen LogP contribution is -2.88. The van der Waals surface area contributed by atoms with E-state index in [1.165, 1.54) is 0 Å². The number of rotatable bonds is 2. The van der Waals surface area contributed by atoms with Crippen LogP contribution in [0.15, 0.2) is 54.6 Å². The number of para-hydroxylation sites is 1. The van der Waals surface area contributed by atoms with E-state index in [0.29, 0.717) is 5.56 Å². The van der Waals surface area contributed by atoms with Gasteiger partial charge >= 0.3 is 0 Å². The molecule has 1 atom stereocenters. The van der Waals surface area contributed by atoms with E-state index < -0.39 is 0 Å². The molecule has 1 heterocycles. The van der Waals surface area contributed by atoms with Crippen molar-refractivity contribution in [1.29, 1.82) is 0 Å². The zero-order valence-electron chi connectivity index (χ0n) is 13.8. The Morgan fingerprint density at radius 3 is 2.48 bits per heavy atom. The maximum absolute atomic E-state index is 12.4. The molecule has 1 aliphatic heterocycles. The highest BCUT2D eigenvalue weighted by Gasteiger charge is 2.34. The topological polar surface area (TPSA) is 44.7 Å². The summed E-state index contributed by atoms with van der Waals surface area (Å²) in [5, 5.41) is 6.58. The van der Waals surface area contributed by atoms with Crippen molar-refractivity contribution in [3.05, 3.63) is 65.7 Å². The van der Waals surface area contributed by atoms with Gasteiger partial charge in [-0.2, -0.15) is 0 Å². The number of anilines is 2. The van der Waals surface area contributed by atoms with Crippen molar-refractivity contribution < 1.29 is 10.1 Å². The Hall–Kier alpha value is -2.39. The zero-order valence-corrected chi connectivity index (χ0v) is 13.8. The predicted molar refractivity (Wildman–Crippen MR) is 93.7 cm³/mol. The lowest BCUT2D eigenvalue weighted by atomic mass is 9.84. The number of hydrogen-bond donors (Lipinski definition) is 2. The number of fused-ring (bicyclic) bond motifs is 1. The summed E-state index contributed by atoms with van der Waals surface area (Å²) in [5.74, 6) is -0.0948. The third-order valence-corrected chi connectivity index (χ3v) is 4.08. The first-order chi connectivity index (χ1) is 10.9. The SMILES string of the molecule is CC(C)(C)C1C=Cc2cccc(NC(=O)c3ccccc3)c2[NH+]1. The summed E-state index contributed by atoms with van der Waals surface area (Å²) in [6, 6.07) is 15.4. The summed E-state index contributed by atoms with van der Waals surface area (Å²) in [5.41, 5.74) is 3.65. The molecule has 1 amide bonds. The Morgan fingerprint density at radius 1 is 1.04 bits per heavy atom. The normalized spacial score (nSPS) is 16.7. The third kappa shape index (κ3) is 3.35. The summed E-state index contributed by atoms with van der Waals surface area (Å²) in [6.07, 6.45) is 4.31. The molecule has 2 aromatic carbocycles. The van der Waals surface area contributed by atoms with Crippen LogP contribution in [-0.2, 0) is 0 Å². The monoisotopic (exact) mass is 306 g/mol. The van der Waals surface area contributed by atoms with Crippen LogP contribution < -0.4 is 10.6 Å². The van der Waals surface area contributed by atoms with E-state index in [9.17, 15) is 4.79 Å². The van der Waals surface area contributed by atoms with Crippen LogP contribution in [0.4, 0.5) is 11.4 Å². The largest absolute Gasteiger partial charge is 0.317 e. The molecule has 0 aliphatic carbocycles. The van der Waals surface area contributed by atoms with E-state index in [0.717, 1.165) is 16.9 Å². The van der Waals surface area contributed by atoms with Gasteiger partial charge in [-0.1, -0.05) is 45.0 Å². The molecule has 0 saturated heterocycles. The van der Waals surface area contributed by atoms with Crippen molar-refractivity contribution in [2.45, 2.75) is 26.8 Å². The minimum Gasteiger partial charge on any atom is -0.317 e. The van der Waals surface area contributed by atoms with Gasteiger partial charge in [0.15, 0.2) is 6.04 Å². The molecule has 0 aromatic heterocycles. The molecule has 1 radical (unpaired) electrons. The van der Waals surface area contributed by atoms with Crippen LogP contribution in [-0.4, -0.2) is 11.9 Å². The highest BCUT2D eigenvalue weighted by molar-refractivity contribution is 6.05. The van der Waals surface area contributed by atoms with Gasteiger partial charge in [-0.15, -0.1) is 5.32 Å². The fourth-order valence-electron chi connectivity index (χ4n) is 2.67. The molecule has 1 unspecified atom stereocenters. The number of amides is 1. The van der Waals surface area contributed by atoms with Gasteiger partial charge < -0.3 is 5.32 Å². The summed E-state index contributed by atoms with van der Waals surface area (Å²) < 4.78 is 0. The molecule has 0 bridgehead atoms.